The van der Waals surface area contributed by atoms with E-state index < -0.39 is 5.97 Å². The monoisotopic (exact) mass is 316 g/mol. The third-order valence-electron chi connectivity index (χ3n) is 2.28. The molecule has 2 heterocycles. The quantitative estimate of drug-likeness (QED) is 0.789. The molecule has 0 aromatic carbocycles. The number of halogens is 3. The van der Waals surface area contributed by atoms with Gasteiger partial charge in [0.15, 0.2) is 5.69 Å². The Labute approximate surface area is 124 Å². The van der Waals surface area contributed by atoms with Crippen LogP contribution in [0.2, 0.25) is 15.1 Å². The Bertz CT molecular complexity index is 647. The fraction of sp³-hybridized carbons (Fsp3) is 0.0833. The molecule has 0 unspecified atom stereocenters. The van der Waals surface area contributed by atoms with Gasteiger partial charge in [-0.25, -0.2) is 9.78 Å². The van der Waals surface area contributed by atoms with E-state index in [4.69, 9.17) is 34.8 Å². The largest absolute Gasteiger partial charge is 0.464 e. The number of esters is 1. The molecular formula is C12H7Cl3N2O2. The van der Waals surface area contributed by atoms with Crippen LogP contribution in [0.15, 0.2) is 24.4 Å². The number of aromatic nitrogens is 2. The molecule has 0 fully saturated rings. The summed E-state index contributed by atoms with van der Waals surface area (Å²) < 4.78 is 4.60. The SMILES string of the molecule is COC(=O)c1nc(-c2ncc(Cl)cc2Cl)ccc1Cl. The molecule has 0 saturated heterocycles. The number of carbonyl (C=O) groups is 1. The smallest absolute Gasteiger partial charge is 0.358 e. The molecule has 0 aliphatic carbocycles. The molecule has 0 aliphatic rings. The summed E-state index contributed by atoms with van der Waals surface area (Å²) in [5, 5.41) is 0.940. The predicted molar refractivity (Wildman–Crippen MR) is 73.8 cm³/mol. The zero-order chi connectivity index (χ0) is 14.0. The second kappa shape index (κ2) is 5.74. The zero-order valence-electron chi connectivity index (χ0n) is 9.65. The number of pyridine rings is 2. The molecule has 0 saturated carbocycles. The van der Waals surface area contributed by atoms with Gasteiger partial charge in [-0.1, -0.05) is 34.8 Å². The maximum atomic E-state index is 11.5. The molecule has 2 aromatic heterocycles. The van der Waals surface area contributed by atoms with Crippen molar-refractivity contribution in [3.63, 3.8) is 0 Å². The van der Waals surface area contributed by atoms with E-state index in [0.29, 0.717) is 21.4 Å². The summed E-state index contributed by atoms with van der Waals surface area (Å²) in [5.74, 6) is -0.628. The second-order valence-electron chi connectivity index (χ2n) is 3.50. The summed E-state index contributed by atoms with van der Waals surface area (Å²) >= 11 is 17.7. The molecule has 4 nitrogen and oxygen atoms in total. The Hall–Kier alpha value is -1.36. The molecule has 0 amide bonds. The van der Waals surface area contributed by atoms with E-state index >= 15 is 0 Å². The number of methoxy groups -OCH3 is 1. The van der Waals surface area contributed by atoms with E-state index in [2.05, 4.69) is 14.7 Å². The minimum absolute atomic E-state index is 0.00878. The van der Waals surface area contributed by atoms with Crippen LogP contribution in [-0.2, 0) is 4.74 Å². The van der Waals surface area contributed by atoms with Gasteiger partial charge in [-0.05, 0) is 18.2 Å². The van der Waals surface area contributed by atoms with E-state index in [-0.39, 0.29) is 10.7 Å². The highest BCUT2D eigenvalue weighted by Crippen LogP contribution is 2.28. The first-order valence-electron chi connectivity index (χ1n) is 5.09. The number of hydrogen-bond acceptors (Lipinski definition) is 4. The van der Waals surface area contributed by atoms with Gasteiger partial charge < -0.3 is 4.74 Å². The molecule has 2 aromatic rings. The maximum Gasteiger partial charge on any atom is 0.358 e. The predicted octanol–water partition coefficient (Wildman–Crippen LogP) is 3.89. The molecular weight excluding hydrogens is 311 g/mol. The molecule has 0 radical (unpaired) electrons. The van der Waals surface area contributed by atoms with Gasteiger partial charge in [0.25, 0.3) is 0 Å². The van der Waals surface area contributed by atoms with Crippen molar-refractivity contribution in [3.05, 3.63) is 45.2 Å². The van der Waals surface area contributed by atoms with Gasteiger partial charge in [0.05, 0.1) is 27.9 Å². The van der Waals surface area contributed by atoms with Crippen molar-refractivity contribution in [1.82, 2.24) is 9.97 Å². The summed E-state index contributed by atoms with van der Waals surface area (Å²) in [6.45, 7) is 0. The highest BCUT2D eigenvalue weighted by atomic mass is 35.5. The first-order chi connectivity index (χ1) is 9.02. The fourth-order valence-electron chi connectivity index (χ4n) is 1.42. The zero-order valence-corrected chi connectivity index (χ0v) is 11.9. The molecule has 19 heavy (non-hydrogen) atoms. The molecule has 2 rings (SSSR count). The fourth-order valence-corrected chi connectivity index (χ4v) is 2.08. The Morgan fingerprint density at radius 1 is 1.21 bits per heavy atom. The van der Waals surface area contributed by atoms with Crippen LogP contribution >= 0.6 is 34.8 Å². The Morgan fingerprint density at radius 3 is 2.58 bits per heavy atom. The van der Waals surface area contributed by atoms with Crippen molar-refractivity contribution in [2.45, 2.75) is 0 Å². The highest BCUT2D eigenvalue weighted by molar-refractivity contribution is 6.36. The van der Waals surface area contributed by atoms with E-state index in [1.165, 1.54) is 19.4 Å². The van der Waals surface area contributed by atoms with Gasteiger partial charge >= 0.3 is 5.97 Å². The lowest BCUT2D eigenvalue weighted by atomic mass is 10.2. The minimum Gasteiger partial charge on any atom is -0.464 e. The van der Waals surface area contributed by atoms with Crippen molar-refractivity contribution in [2.24, 2.45) is 0 Å². The van der Waals surface area contributed by atoms with Gasteiger partial charge in [0, 0.05) is 6.20 Å². The summed E-state index contributed by atoms with van der Waals surface area (Å²) in [4.78, 5) is 19.7. The van der Waals surface area contributed by atoms with Crippen LogP contribution in [-0.4, -0.2) is 23.0 Å². The van der Waals surface area contributed by atoms with Crippen LogP contribution in [0.4, 0.5) is 0 Å². The van der Waals surface area contributed by atoms with Gasteiger partial charge in [0.1, 0.15) is 5.69 Å². The van der Waals surface area contributed by atoms with Gasteiger partial charge in [-0.2, -0.15) is 0 Å². The lowest BCUT2D eigenvalue weighted by Gasteiger charge is -2.06. The number of carbonyl (C=O) groups excluding carboxylic acids is 1. The van der Waals surface area contributed by atoms with E-state index in [1.807, 2.05) is 0 Å². The average molecular weight is 318 g/mol. The molecule has 0 bridgehead atoms. The van der Waals surface area contributed by atoms with Gasteiger partial charge in [0.2, 0.25) is 0 Å². The first kappa shape index (κ1) is 14.1. The Balaban J connectivity index is 2.54. The average Bonchev–Trinajstić information content (AvgIpc) is 2.39. The van der Waals surface area contributed by atoms with Crippen molar-refractivity contribution < 1.29 is 9.53 Å². The van der Waals surface area contributed by atoms with Crippen molar-refractivity contribution in [1.29, 1.82) is 0 Å². The van der Waals surface area contributed by atoms with Crippen molar-refractivity contribution in [2.75, 3.05) is 7.11 Å². The minimum atomic E-state index is -0.628. The summed E-state index contributed by atoms with van der Waals surface area (Å²) in [7, 11) is 1.25. The van der Waals surface area contributed by atoms with E-state index in [0.717, 1.165) is 0 Å². The number of rotatable bonds is 2. The number of nitrogens with zero attached hydrogens (tertiary/aromatic N) is 2. The lowest BCUT2D eigenvalue weighted by molar-refractivity contribution is 0.0594. The maximum absolute atomic E-state index is 11.5. The van der Waals surface area contributed by atoms with Crippen molar-refractivity contribution in [3.8, 4) is 11.4 Å². The molecule has 0 aliphatic heterocycles. The lowest BCUT2D eigenvalue weighted by Crippen LogP contribution is -2.06. The third kappa shape index (κ3) is 2.97. The van der Waals surface area contributed by atoms with Gasteiger partial charge in [-0.15, -0.1) is 0 Å². The number of hydrogen-bond donors (Lipinski definition) is 0. The van der Waals surface area contributed by atoms with Crippen molar-refractivity contribution >= 4 is 40.8 Å². The third-order valence-corrected chi connectivity index (χ3v) is 3.07. The summed E-state index contributed by atoms with van der Waals surface area (Å²) in [6, 6.07) is 4.68. The van der Waals surface area contributed by atoms with Crippen LogP contribution in [0.5, 0.6) is 0 Å². The first-order valence-corrected chi connectivity index (χ1v) is 6.22. The van der Waals surface area contributed by atoms with Crippen LogP contribution in [0.1, 0.15) is 10.5 Å². The standard InChI is InChI=1S/C12H7Cl3N2O2/c1-19-12(18)11-7(14)2-3-9(17-11)10-8(15)4-6(13)5-16-10/h2-5H,1H3. The molecule has 0 spiro atoms. The Kier molecular flexibility index (Phi) is 4.24. The molecule has 7 heteroatoms. The van der Waals surface area contributed by atoms with Gasteiger partial charge in [-0.3, -0.25) is 4.98 Å². The van der Waals surface area contributed by atoms with Crippen LogP contribution < -0.4 is 0 Å². The van der Waals surface area contributed by atoms with Crippen LogP contribution in [0.3, 0.4) is 0 Å². The van der Waals surface area contributed by atoms with E-state index in [9.17, 15) is 4.79 Å². The molecule has 0 N–H and O–H groups in total. The normalized spacial score (nSPS) is 10.3. The number of ether oxygens (including phenoxy) is 1. The summed E-state index contributed by atoms with van der Waals surface area (Å²) in [5.41, 5.74) is 0.828. The molecule has 98 valence electrons. The van der Waals surface area contributed by atoms with Crippen LogP contribution in [0, 0.1) is 0 Å². The molecule has 0 atom stereocenters. The van der Waals surface area contributed by atoms with E-state index in [1.54, 1.807) is 12.1 Å². The van der Waals surface area contributed by atoms with Crippen LogP contribution in [0.25, 0.3) is 11.4 Å². The summed E-state index contributed by atoms with van der Waals surface area (Å²) in [6.07, 6.45) is 1.44. The second-order valence-corrected chi connectivity index (χ2v) is 4.75. The highest BCUT2D eigenvalue weighted by Gasteiger charge is 2.16. The topological polar surface area (TPSA) is 52.1 Å². The Morgan fingerprint density at radius 2 is 1.95 bits per heavy atom.